The van der Waals surface area contributed by atoms with Crippen molar-refractivity contribution in [3.63, 3.8) is 0 Å². The Hall–Kier alpha value is -0.840. The van der Waals surface area contributed by atoms with Gasteiger partial charge in [0.15, 0.2) is 0 Å². The summed E-state index contributed by atoms with van der Waals surface area (Å²) in [7, 11) is 1.82. The molecular weight excluding hydrogens is 256 g/mol. The van der Waals surface area contributed by atoms with Gasteiger partial charge in [-0.15, -0.1) is 0 Å². The van der Waals surface area contributed by atoms with Crippen LogP contribution in [0.25, 0.3) is 0 Å². The van der Waals surface area contributed by atoms with Gasteiger partial charge < -0.3 is 10.2 Å². The van der Waals surface area contributed by atoms with E-state index in [4.69, 9.17) is 0 Å². The smallest absolute Gasteiger partial charge is 0.224 e. The van der Waals surface area contributed by atoms with Crippen LogP contribution < -0.4 is 10.2 Å². The van der Waals surface area contributed by atoms with Crippen molar-refractivity contribution >= 4 is 27.7 Å². The summed E-state index contributed by atoms with van der Waals surface area (Å²) < 4.78 is 0.941. The van der Waals surface area contributed by atoms with Gasteiger partial charge in [0.2, 0.25) is 5.95 Å². The molecule has 0 saturated heterocycles. The average molecular weight is 273 g/mol. The number of halogens is 1. The SMILES string of the molecule is CCCN(CC)c1nc(NC)ncc1Br. The topological polar surface area (TPSA) is 41.1 Å². The molecule has 5 heteroatoms. The molecule has 1 aromatic heterocycles. The van der Waals surface area contributed by atoms with E-state index in [1.165, 1.54) is 0 Å². The molecule has 0 amide bonds. The van der Waals surface area contributed by atoms with E-state index in [0.29, 0.717) is 5.95 Å². The van der Waals surface area contributed by atoms with Crippen LogP contribution in [0.15, 0.2) is 10.7 Å². The van der Waals surface area contributed by atoms with Gasteiger partial charge in [-0.1, -0.05) is 6.92 Å². The van der Waals surface area contributed by atoms with E-state index in [2.05, 4.69) is 50.0 Å². The fourth-order valence-corrected chi connectivity index (χ4v) is 1.83. The third kappa shape index (κ3) is 3.06. The Morgan fingerprint density at radius 1 is 1.47 bits per heavy atom. The highest BCUT2D eigenvalue weighted by Gasteiger charge is 2.10. The van der Waals surface area contributed by atoms with Crippen molar-refractivity contribution in [3.8, 4) is 0 Å². The molecule has 84 valence electrons. The summed E-state index contributed by atoms with van der Waals surface area (Å²) in [6, 6.07) is 0. The highest BCUT2D eigenvalue weighted by atomic mass is 79.9. The van der Waals surface area contributed by atoms with Crippen LogP contribution in [0.5, 0.6) is 0 Å². The first kappa shape index (κ1) is 12.2. The van der Waals surface area contributed by atoms with Gasteiger partial charge in [-0.3, -0.25) is 0 Å². The second kappa shape index (κ2) is 5.90. The molecular formula is C10H17BrN4. The van der Waals surface area contributed by atoms with Gasteiger partial charge in [0.25, 0.3) is 0 Å². The Balaban J connectivity index is 2.98. The summed E-state index contributed by atoms with van der Waals surface area (Å²) in [6.45, 7) is 6.25. The maximum atomic E-state index is 4.44. The Kier molecular flexibility index (Phi) is 4.81. The second-order valence-electron chi connectivity index (χ2n) is 3.19. The predicted octanol–water partition coefficient (Wildman–Crippen LogP) is 2.52. The molecule has 0 atom stereocenters. The zero-order chi connectivity index (χ0) is 11.3. The maximum Gasteiger partial charge on any atom is 0.224 e. The second-order valence-corrected chi connectivity index (χ2v) is 4.05. The molecule has 0 aliphatic rings. The van der Waals surface area contributed by atoms with Crippen LogP contribution in [0.1, 0.15) is 20.3 Å². The highest BCUT2D eigenvalue weighted by molar-refractivity contribution is 9.10. The third-order valence-corrected chi connectivity index (χ3v) is 2.68. The van der Waals surface area contributed by atoms with Crippen molar-refractivity contribution < 1.29 is 0 Å². The number of hydrogen-bond acceptors (Lipinski definition) is 4. The summed E-state index contributed by atoms with van der Waals surface area (Å²) in [6.07, 6.45) is 2.89. The van der Waals surface area contributed by atoms with Crippen LogP contribution in [-0.2, 0) is 0 Å². The third-order valence-electron chi connectivity index (χ3n) is 2.12. The van der Waals surface area contributed by atoms with Gasteiger partial charge in [-0.2, -0.15) is 4.98 Å². The van der Waals surface area contributed by atoms with Crippen LogP contribution in [-0.4, -0.2) is 30.1 Å². The van der Waals surface area contributed by atoms with E-state index in [-0.39, 0.29) is 0 Å². The molecule has 1 rings (SSSR count). The van der Waals surface area contributed by atoms with Crippen molar-refractivity contribution in [2.75, 3.05) is 30.4 Å². The first-order valence-corrected chi connectivity index (χ1v) is 5.97. The molecule has 1 heterocycles. The van der Waals surface area contributed by atoms with E-state index in [1.54, 1.807) is 6.20 Å². The lowest BCUT2D eigenvalue weighted by Gasteiger charge is -2.22. The van der Waals surface area contributed by atoms with Crippen LogP contribution >= 0.6 is 15.9 Å². The molecule has 1 aromatic rings. The van der Waals surface area contributed by atoms with E-state index < -0.39 is 0 Å². The Bertz CT molecular complexity index is 316. The molecule has 4 nitrogen and oxygen atoms in total. The molecule has 0 saturated carbocycles. The van der Waals surface area contributed by atoms with Gasteiger partial charge in [-0.25, -0.2) is 4.98 Å². The number of hydrogen-bond donors (Lipinski definition) is 1. The summed E-state index contributed by atoms with van der Waals surface area (Å²) in [5, 5.41) is 2.95. The van der Waals surface area contributed by atoms with Gasteiger partial charge in [0.05, 0.1) is 4.47 Å². The zero-order valence-corrected chi connectivity index (χ0v) is 11.0. The molecule has 0 bridgehead atoms. The Morgan fingerprint density at radius 3 is 2.73 bits per heavy atom. The molecule has 1 N–H and O–H groups in total. The minimum absolute atomic E-state index is 0.655. The predicted molar refractivity (Wildman–Crippen MR) is 67.5 cm³/mol. The van der Waals surface area contributed by atoms with Gasteiger partial charge in [-0.05, 0) is 29.3 Å². The van der Waals surface area contributed by atoms with E-state index >= 15 is 0 Å². The standard InChI is InChI=1S/C10H17BrN4/c1-4-6-15(5-2)9-8(11)7-13-10(12-3)14-9/h7H,4-6H2,1-3H3,(H,12,13,14). The molecule has 0 fully saturated rings. The maximum absolute atomic E-state index is 4.44. The van der Waals surface area contributed by atoms with E-state index in [0.717, 1.165) is 29.8 Å². The van der Waals surface area contributed by atoms with E-state index in [9.17, 15) is 0 Å². The molecule has 0 spiro atoms. The largest absolute Gasteiger partial charge is 0.357 e. The summed E-state index contributed by atoms with van der Waals surface area (Å²) in [5.74, 6) is 1.61. The van der Waals surface area contributed by atoms with Gasteiger partial charge in [0.1, 0.15) is 5.82 Å². The Labute approximate surface area is 99.2 Å². The number of nitrogens with zero attached hydrogens (tertiary/aromatic N) is 3. The zero-order valence-electron chi connectivity index (χ0n) is 9.42. The Morgan fingerprint density at radius 2 is 2.20 bits per heavy atom. The highest BCUT2D eigenvalue weighted by Crippen LogP contribution is 2.24. The minimum Gasteiger partial charge on any atom is -0.357 e. The van der Waals surface area contributed by atoms with Crippen molar-refractivity contribution in [3.05, 3.63) is 10.7 Å². The van der Waals surface area contributed by atoms with Crippen LogP contribution in [0, 0.1) is 0 Å². The number of nitrogens with one attached hydrogen (secondary N) is 1. The minimum atomic E-state index is 0.655. The van der Waals surface area contributed by atoms with Crippen LogP contribution in [0.4, 0.5) is 11.8 Å². The number of rotatable bonds is 5. The lowest BCUT2D eigenvalue weighted by atomic mass is 10.4. The van der Waals surface area contributed by atoms with Crippen molar-refractivity contribution in [1.82, 2.24) is 9.97 Å². The average Bonchev–Trinajstić information content (AvgIpc) is 2.27. The molecule has 0 aliphatic heterocycles. The van der Waals surface area contributed by atoms with Crippen molar-refractivity contribution in [1.29, 1.82) is 0 Å². The first-order valence-electron chi connectivity index (χ1n) is 5.18. The van der Waals surface area contributed by atoms with Crippen molar-refractivity contribution in [2.45, 2.75) is 20.3 Å². The lowest BCUT2D eigenvalue weighted by molar-refractivity contribution is 0.774. The fraction of sp³-hybridized carbons (Fsp3) is 0.600. The molecule has 0 aliphatic carbocycles. The summed E-state index contributed by atoms with van der Waals surface area (Å²) >= 11 is 3.48. The summed E-state index contributed by atoms with van der Waals surface area (Å²) in [4.78, 5) is 10.8. The normalized spacial score (nSPS) is 10.1. The quantitative estimate of drug-likeness (QED) is 0.895. The number of anilines is 2. The van der Waals surface area contributed by atoms with Gasteiger partial charge in [0, 0.05) is 26.3 Å². The molecule has 0 aromatic carbocycles. The van der Waals surface area contributed by atoms with Crippen LogP contribution in [0.3, 0.4) is 0 Å². The first-order chi connectivity index (χ1) is 7.22. The fourth-order valence-electron chi connectivity index (χ4n) is 1.38. The molecule has 15 heavy (non-hydrogen) atoms. The number of aromatic nitrogens is 2. The monoisotopic (exact) mass is 272 g/mol. The molecule has 0 radical (unpaired) electrons. The lowest BCUT2D eigenvalue weighted by Crippen LogP contribution is -2.25. The summed E-state index contributed by atoms with van der Waals surface area (Å²) in [5.41, 5.74) is 0. The molecule has 0 unspecified atom stereocenters. The van der Waals surface area contributed by atoms with Crippen molar-refractivity contribution in [2.24, 2.45) is 0 Å². The van der Waals surface area contributed by atoms with E-state index in [1.807, 2.05) is 7.05 Å². The van der Waals surface area contributed by atoms with Gasteiger partial charge >= 0.3 is 0 Å². The van der Waals surface area contributed by atoms with Crippen LogP contribution in [0.2, 0.25) is 0 Å².